The Morgan fingerprint density at radius 1 is 1.25 bits per heavy atom. The van der Waals surface area contributed by atoms with Gasteiger partial charge < -0.3 is 5.11 Å². The van der Waals surface area contributed by atoms with E-state index in [1.165, 1.54) is 36.5 Å². The van der Waals surface area contributed by atoms with E-state index >= 15 is 0 Å². The SMILES string of the molecule is O=C(O)c1cccc(S(=O)(=O)Nc2ccc(Cl)cn2)c1. The Morgan fingerprint density at radius 3 is 2.60 bits per heavy atom. The van der Waals surface area contributed by atoms with Crippen molar-refractivity contribution in [2.24, 2.45) is 0 Å². The molecule has 0 aliphatic rings. The number of sulfonamides is 1. The largest absolute Gasteiger partial charge is 0.478 e. The number of halogens is 1. The van der Waals surface area contributed by atoms with Gasteiger partial charge in [0.1, 0.15) is 5.82 Å². The van der Waals surface area contributed by atoms with Crippen molar-refractivity contribution in [2.45, 2.75) is 4.90 Å². The first-order valence-electron chi connectivity index (χ1n) is 5.36. The summed E-state index contributed by atoms with van der Waals surface area (Å²) in [5.74, 6) is -1.11. The molecule has 0 bridgehead atoms. The van der Waals surface area contributed by atoms with Crippen LogP contribution in [0.2, 0.25) is 5.02 Å². The van der Waals surface area contributed by atoms with Gasteiger partial charge in [-0.1, -0.05) is 17.7 Å². The van der Waals surface area contributed by atoms with E-state index in [1.807, 2.05) is 0 Å². The molecule has 2 aromatic rings. The van der Waals surface area contributed by atoms with Crippen LogP contribution in [0.4, 0.5) is 5.82 Å². The standard InChI is InChI=1S/C12H9ClN2O4S/c13-9-4-5-11(14-7-9)15-20(18,19)10-3-1-2-8(6-10)12(16)17/h1-7H,(H,14,15)(H,16,17). The third-order valence-electron chi connectivity index (χ3n) is 2.36. The van der Waals surface area contributed by atoms with Gasteiger partial charge in [-0.3, -0.25) is 4.72 Å². The van der Waals surface area contributed by atoms with Gasteiger partial charge in [0.15, 0.2) is 0 Å². The zero-order valence-electron chi connectivity index (χ0n) is 9.95. The average molecular weight is 313 g/mol. The number of carboxylic acids is 1. The number of carbonyl (C=O) groups is 1. The molecule has 2 N–H and O–H groups in total. The maximum Gasteiger partial charge on any atom is 0.335 e. The van der Waals surface area contributed by atoms with Crippen LogP contribution in [-0.2, 0) is 10.0 Å². The Morgan fingerprint density at radius 2 is 2.00 bits per heavy atom. The van der Waals surface area contributed by atoms with Gasteiger partial charge in [-0.25, -0.2) is 18.2 Å². The molecule has 0 aliphatic heterocycles. The van der Waals surface area contributed by atoms with Gasteiger partial charge >= 0.3 is 5.97 Å². The number of hydrogen-bond donors (Lipinski definition) is 2. The minimum atomic E-state index is -3.90. The molecule has 0 aliphatic carbocycles. The van der Waals surface area contributed by atoms with Crippen molar-refractivity contribution in [3.05, 3.63) is 53.2 Å². The highest BCUT2D eigenvalue weighted by atomic mass is 35.5. The van der Waals surface area contributed by atoms with E-state index in [1.54, 1.807) is 0 Å². The Balaban J connectivity index is 2.33. The minimum Gasteiger partial charge on any atom is -0.478 e. The normalized spacial score (nSPS) is 11.1. The molecule has 0 fully saturated rings. The van der Waals surface area contributed by atoms with E-state index in [0.29, 0.717) is 5.02 Å². The first-order valence-corrected chi connectivity index (χ1v) is 7.22. The van der Waals surface area contributed by atoms with Crippen molar-refractivity contribution in [1.82, 2.24) is 4.98 Å². The second kappa shape index (κ2) is 5.48. The number of rotatable bonds is 4. The lowest BCUT2D eigenvalue weighted by Gasteiger charge is -2.07. The first kappa shape index (κ1) is 14.3. The number of hydrogen-bond acceptors (Lipinski definition) is 4. The van der Waals surface area contributed by atoms with Crippen molar-refractivity contribution < 1.29 is 18.3 Å². The Kier molecular flexibility index (Phi) is 3.91. The molecule has 2 rings (SSSR count). The number of pyridine rings is 1. The fourth-order valence-corrected chi connectivity index (χ4v) is 2.59. The number of benzene rings is 1. The van der Waals surface area contributed by atoms with Crippen molar-refractivity contribution in [3.8, 4) is 0 Å². The van der Waals surface area contributed by atoms with Crippen LogP contribution >= 0.6 is 11.6 Å². The molecular formula is C12H9ClN2O4S. The Hall–Kier alpha value is -2.12. The highest BCUT2D eigenvalue weighted by Gasteiger charge is 2.16. The fourth-order valence-electron chi connectivity index (χ4n) is 1.43. The maximum absolute atomic E-state index is 12.1. The number of nitrogens with one attached hydrogen (secondary N) is 1. The second-order valence-electron chi connectivity index (χ2n) is 3.80. The van der Waals surface area contributed by atoms with E-state index in [2.05, 4.69) is 9.71 Å². The summed E-state index contributed by atoms with van der Waals surface area (Å²) < 4.78 is 26.4. The zero-order valence-corrected chi connectivity index (χ0v) is 11.5. The average Bonchev–Trinajstić information content (AvgIpc) is 2.41. The topological polar surface area (TPSA) is 96.4 Å². The van der Waals surface area contributed by atoms with Crippen LogP contribution in [0, 0.1) is 0 Å². The summed E-state index contributed by atoms with van der Waals surface area (Å²) in [4.78, 5) is 14.5. The molecule has 1 heterocycles. The van der Waals surface area contributed by atoms with Crippen LogP contribution in [0.25, 0.3) is 0 Å². The fraction of sp³-hybridized carbons (Fsp3) is 0. The molecule has 0 saturated heterocycles. The highest BCUT2D eigenvalue weighted by Crippen LogP contribution is 2.17. The highest BCUT2D eigenvalue weighted by molar-refractivity contribution is 7.92. The van der Waals surface area contributed by atoms with Gasteiger partial charge in [-0.15, -0.1) is 0 Å². The monoisotopic (exact) mass is 312 g/mol. The summed E-state index contributed by atoms with van der Waals surface area (Å²) in [7, 11) is -3.90. The van der Waals surface area contributed by atoms with Crippen molar-refractivity contribution in [3.63, 3.8) is 0 Å². The number of anilines is 1. The molecule has 1 aromatic carbocycles. The molecule has 8 heteroatoms. The van der Waals surface area contributed by atoms with Crippen molar-refractivity contribution in [2.75, 3.05) is 4.72 Å². The summed E-state index contributed by atoms with van der Waals surface area (Å²) in [6, 6.07) is 7.92. The van der Waals surface area contributed by atoms with Gasteiger partial charge in [-0.05, 0) is 30.3 Å². The molecule has 6 nitrogen and oxygen atoms in total. The molecule has 0 unspecified atom stereocenters. The molecule has 0 saturated carbocycles. The van der Waals surface area contributed by atoms with Crippen LogP contribution in [0.5, 0.6) is 0 Å². The lowest BCUT2D eigenvalue weighted by atomic mass is 10.2. The molecular weight excluding hydrogens is 304 g/mol. The third-order valence-corrected chi connectivity index (χ3v) is 3.93. The lowest BCUT2D eigenvalue weighted by Crippen LogP contribution is -2.14. The number of nitrogens with zero attached hydrogens (tertiary/aromatic N) is 1. The Labute approximate surface area is 120 Å². The summed E-state index contributed by atoms with van der Waals surface area (Å²) in [5, 5.41) is 9.23. The number of carboxylic acid groups (broad SMARTS) is 1. The third kappa shape index (κ3) is 3.25. The zero-order chi connectivity index (χ0) is 14.8. The van der Waals surface area contributed by atoms with Gasteiger partial charge in [0.2, 0.25) is 0 Å². The quantitative estimate of drug-likeness (QED) is 0.902. The predicted octanol–water partition coefficient (Wildman–Crippen LogP) is 2.23. The van der Waals surface area contributed by atoms with Gasteiger partial charge in [0, 0.05) is 6.20 Å². The van der Waals surface area contributed by atoms with Crippen LogP contribution in [0.15, 0.2) is 47.5 Å². The first-order chi connectivity index (χ1) is 9.38. The molecule has 0 radical (unpaired) electrons. The molecule has 0 amide bonds. The molecule has 104 valence electrons. The van der Waals surface area contributed by atoms with Crippen molar-refractivity contribution >= 4 is 33.4 Å². The second-order valence-corrected chi connectivity index (χ2v) is 5.92. The number of aromatic carboxylic acids is 1. The van der Waals surface area contributed by atoms with Gasteiger partial charge in [0.25, 0.3) is 10.0 Å². The maximum atomic E-state index is 12.1. The molecule has 1 aromatic heterocycles. The smallest absolute Gasteiger partial charge is 0.335 e. The lowest BCUT2D eigenvalue weighted by molar-refractivity contribution is 0.0696. The molecule has 0 atom stereocenters. The predicted molar refractivity (Wildman–Crippen MR) is 73.5 cm³/mol. The molecule has 20 heavy (non-hydrogen) atoms. The van der Waals surface area contributed by atoms with E-state index < -0.39 is 16.0 Å². The number of aromatic nitrogens is 1. The summed E-state index contributed by atoms with van der Waals surface area (Å²) in [6.07, 6.45) is 1.30. The van der Waals surface area contributed by atoms with E-state index in [4.69, 9.17) is 16.7 Å². The van der Waals surface area contributed by atoms with Crippen LogP contribution in [0.1, 0.15) is 10.4 Å². The van der Waals surface area contributed by atoms with Crippen LogP contribution < -0.4 is 4.72 Å². The molecule has 0 spiro atoms. The van der Waals surface area contributed by atoms with Crippen LogP contribution in [-0.4, -0.2) is 24.5 Å². The van der Waals surface area contributed by atoms with Crippen molar-refractivity contribution in [1.29, 1.82) is 0 Å². The van der Waals surface area contributed by atoms with Gasteiger partial charge in [-0.2, -0.15) is 0 Å². The summed E-state index contributed by atoms with van der Waals surface area (Å²) in [6.45, 7) is 0. The minimum absolute atomic E-state index is 0.0927. The van der Waals surface area contributed by atoms with Crippen LogP contribution in [0.3, 0.4) is 0 Å². The Bertz CT molecular complexity index is 744. The van der Waals surface area contributed by atoms with E-state index in [9.17, 15) is 13.2 Å². The van der Waals surface area contributed by atoms with E-state index in [0.717, 1.165) is 6.07 Å². The van der Waals surface area contributed by atoms with E-state index in [-0.39, 0.29) is 16.3 Å². The van der Waals surface area contributed by atoms with Gasteiger partial charge in [0.05, 0.1) is 15.5 Å². The summed E-state index contributed by atoms with van der Waals surface area (Å²) >= 11 is 5.65. The summed E-state index contributed by atoms with van der Waals surface area (Å²) in [5.41, 5.74) is -0.114.